The van der Waals surface area contributed by atoms with Crippen LogP contribution in [0.5, 0.6) is 0 Å². The van der Waals surface area contributed by atoms with Crippen molar-refractivity contribution in [1.82, 2.24) is 14.9 Å². The maximum atomic E-state index is 12.4. The van der Waals surface area contributed by atoms with E-state index >= 15 is 0 Å². The lowest BCUT2D eigenvalue weighted by Gasteiger charge is -2.27. The van der Waals surface area contributed by atoms with E-state index in [2.05, 4.69) is 9.97 Å². The first kappa shape index (κ1) is 19.0. The van der Waals surface area contributed by atoms with Gasteiger partial charge in [0.05, 0.1) is 16.3 Å². The monoisotopic (exact) mass is 419 g/mol. The van der Waals surface area contributed by atoms with Crippen LogP contribution in [0, 0.1) is 6.92 Å². The number of rotatable bonds is 3. The van der Waals surface area contributed by atoms with E-state index in [0.29, 0.717) is 42.2 Å². The highest BCUT2D eigenvalue weighted by molar-refractivity contribution is 7.90. The van der Waals surface area contributed by atoms with Crippen LogP contribution in [0.3, 0.4) is 0 Å². The number of benzene rings is 1. The summed E-state index contributed by atoms with van der Waals surface area (Å²) in [6.45, 7) is 3.40. The van der Waals surface area contributed by atoms with Crippen molar-refractivity contribution >= 4 is 32.4 Å². The van der Waals surface area contributed by atoms with Crippen LogP contribution in [-0.4, -0.2) is 36.1 Å². The summed E-state index contributed by atoms with van der Waals surface area (Å²) < 4.78 is 28.7. The molecule has 0 fully saturated rings. The first-order valence-electron chi connectivity index (χ1n) is 8.71. The van der Waals surface area contributed by atoms with E-state index in [1.165, 1.54) is 0 Å². The minimum atomic E-state index is -3.44. The second-order valence-corrected chi connectivity index (χ2v) is 9.33. The molecule has 0 amide bonds. The highest BCUT2D eigenvalue weighted by Gasteiger charge is 2.23. The van der Waals surface area contributed by atoms with Crippen molar-refractivity contribution in [2.75, 3.05) is 12.8 Å². The molecule has 146 valence electrons. The molecule has 2 aromatic heterocycles. The van der Waals surface area contributed by atoms with Crippen molar-refractivity contribution in [1.29, 1.82) is 0 Å². The van der Waals surface area contributed by atoms with Gasteiger partial charge in [0.1, 0.15) is 5.58 Å². The summed E-state index contributed by atoms with van der Waals surface area (Å²) in [5.74, 6) is 0. The van der Waals surface area contributed by atoms with E-state index in [9.17, 15) is 13.2 Å². The molecular weight excluding hydrogens is 402 g/mol. The van der Waals surface area contributed by atoms with Gasteiger partial charge in [-0.2, -0.15) is 0 Å². The molecule has 0 saturated carbocycles. The predicted octanol–water partition coefficient (Wildman–Crippen LogP) is 2.51. The average molecular weight is 420 g/mol. The minimum absolute atomic E-state index is 0.159. The van der Waals surface area contributed by atoms with Crippen molar-refractivity contribution in [3.8, 4) is 0 Å². The summed E-state index contributed by atoms with van der Waals surface area (Å²) in [5, 5.41) is 0.965. The molecule has 7 nitrogen and oxygen atoms in total. The Morgan fingerprint density at radius 3 is 2.86 bits per heavy atom. The third-order valence-electron chi connectivity index (χ3n) is 4.79. The van der Waals surface area contributed by atoms with Crippen LogP contribution in [0.1, 0.15) is 22.4 Å². The van der Waals surface area contributed by atoms with Gasteiger partial charge >= 0.3 is 5.63 Å². The minimum Gasteiger partial charge on any atom is -0.422 e. The van der Waals surface area contributed by atoms with Crippen molar-refractivity contribution in [3.63, 3.8) is 0 Å². The SMILES string of the molecule is Cc1ccc2oc(=O)c(CN3CCc4nc(S(C)(=O)=O)ncc4C3)c(Cl)c2c1. The molecule has 1 aliphatic heterocycles. The van der Waals surface area contributed by atoms with Gasteiger partial charge in [0, 0.05) is 49.5 Å². The Balaban J connectivity index is 1.64. The molecule has 0 N–H and O–H groups in total. The van der Waals surface area contributed by atoms with Crippen molar-refractivity contribution in [2.24, 2.45) is 0 Å². The molecular formula is C19H18ClN3O4S. The number of fused-ring (bicyclic) bond motifs is 2. The van der Waals surface area contributed by atoms with Crippen molar-refractivity contribution in [3.05, 3.63) is 62.2 Å². The average Bonchev–Trinajstić information content (AvgIpc) is 2.64. The Bertz CT molecular complexity index is 1250. The summed E-state index contributed by atoms with van der Waals surface area (Å²) >= 11 is 6.53. The molecule has 0 radical (unpaired) electrons. The number of sulfone groups is 1. The van der Waals surface area contributed by atoms with Gasteiger partial charge in [-0.1, -0.05) is 23.2 Å². The van der Waals surface area contributed by atoms with Gasteiger partial charge in [0.15, 0.2) is 0 Å². The van der Waals surface area contributed by atoms with Gasteiger partial charge in [-0.25, -0.2) is 23.2 Å². The number of aromatic nitrogens is 2. The van der Waals surface area contributed by atoms with E-state index in [4.69, 9.17) is 16.0 Å². The van der Waals surface area contributed by atoms with Crippen LogP contribution in [0.2, 0.25) is 5.02 Å². The molecule has 0 aliphatic carbocycles. The highest BCUT2D eigenvalue weighted by Crippen LogP contribution is 2.28. The topological polar surface area (TPSA) is 93.4 Å². The Hall–Kier alpha value is -2.29. The number of hydrogen-bond donors (Lipinski definition) is 0. The zero-order valence-electron chi connectivity index (χ0n) is 15.4. The summed E-state index contributed by atoms with van der Waals surface area (Å²) in [7, 11) is -3.44. The van der Waals surface area contributed by atoms with Crippen LogP contribution in [0.15, 0.2) is 38.8 Å². The maximum absolute atomic E-state index is 12.4. The summed E-state index contributed by atoms with van der Waals surface area (Å²) in [4.78, 5) is 22.6. The number of aryl methyl sites for hydroxylation is 1. The molecule has 4 rings (SSSR count). The first-order chi connectivity index (χ1) is 13.2. The molecule has 1 aliphatic rings. The summed E-state index contributed by atoms with van der Waals surface area (Å²) in [5.41, 5.74) is 3.03. The Kier molecular flexibility index (Phi) is 4.73. The smallest absolute Gasteiger partial charge is 0.342 e. The molecule has 0 spiro atoms. The van der Waals surface area contributed by atoms with Gasteiger partial charge in [0.2, 0.25) is 15.0 Å². The number of halogens is 1. The molecule has 1 aromatic carbocycles. The lowest BCUT2D eigenvalue weighted by Crippen LogP contribution is -2.33. The fourth-order valence-electron chi connectivity index (χ4n) is 3.35. The van der Waals surface area contributed by atoms with E-state index < -0.39 is 15.5 Å². The lowest BCUT2D eigenvalue weighted by molar-refractivity contribution is 0.239. The zero-order valence-corrected chi connectivity index (χ0v) is 17.0. The third-order valence-corrected chi connectivity index (χ3v) is 6.08. The number of nitrogens with zero attached hydrogens (tertiary/aromatic N) is 3. The molecule has 0 saturated heterocycles. The highest BCUT2D eigenvalue weighted by atomic mass is 35.5. The van der Waals surface area contributed by atoms with Crippen molar-refractivity contribution in [2.45, 2.75) is 31.6 Å². The summed E-state index contributed by atoms with van der Waals surface area (Å²) in [6.07, 6.45) is 3.20. The second kappa shape index (κ2) is 6.95. The predicted molar refractivity (Wildman–Crippen MR) is 105 cm³/mol. The normalized spacial score (nSPS) is 15.0. The molecule has 3 aromatic rings. The second-order valence-electron chi connectivity index (χ2n) is 7.04. The third kappa shape index (κ3) is 3.55. The lowest BCUT2D eigenvalue weighted by atomic mass is 10.1. The van der Waals surface area contributed by atoms with Crippen LogP contribution >= 0.6 is 11.6 Å². The Morgan fingerprint density at radius 1 is 1.32 bits per heavy atom. The van der Waals surface area contributed by atoms with Gasteiger partial charge in [-0.05, 0) is 19.1 Å². The van der Waals surface area contributed by atoms with Crippen LogP contribution in [0.25, 0.3) is 11.0 Å². The molecule has 3 heterocycles. The number of hydrogen-bond acceptors (Lipinski definition) is 7. The maximum Gasteiger partial charge on any atom is 0.342 e. The molecule has 0 atom stereocenters. The van der Waals surface area contributed by atoms with Crippen LogP contribution in [-0.2, 0) is 29.3 Å². The van der Waals surface area contributed by atoms with Crippen LogP contribution in [0.4, 0.5) is 0 Å². The molecule has 0 unspecified atom stereocenters. The fourth-order valence-corrected chi connectivity index (χ4v) is 4.15. The standard InChI is InChI=1S/C19H18ClN3O4S/c1-11-3-4-16-13(7-11)17(20)14(18(24)27-16)10-23-6-5-15-12(9-23)8-21-19(22-15)28(2,25)26/h3-4,7-8H,5-6,9-10H2,1-2H3. The Morgan fingerprint density at radius 2 is 2.11 bits per heavy atom. The fraction of sp³-hybridized carbons (Fsp3) is 0.316. The van der Waals surface area contributed by atoms with E-state index in [0.717, 1.165) is 28.5 Å². The van der Waals surface area contributed by atoms with Gasteiger partial charge < -0.3 is 4.42 Å². The van der Waals surface area contributed by atoms with Gasteiger partial charge in [-0.15, -0.1) is 0 Å². The van der Waals surface area contributed by atoms with E-state index in [-0.39, 0.29) is 5.16 Å². The van der Waals surface area contributed by atoms with E-state index in [1.54, 1.807) is 12.3 Å². The molecule has 9 heteroatoms. The quantitative estimate of drug-likeness (QED) is 0.475. The van der Waals surface area contributed by atoms with Crippen molar-refractivity contribution < 1.29 is 12.8 Å². The largest absolute Gasteiger partial charge is 0.422 e. The zero-order chi connectivity index (χ0) is 20.1. The van der Waals surface area contributed by atoms with E-state index in [1.807, 2.05) is 24.0 Å². The first-order valence-corrected chi connectivity index (χ1v) is 11.0. The molecule has 28 heavy (non-hydrogen) atoms. The van der Waals surface area contributed by atoms with Crippen LogP contribution < -0.4 is 5.63 Å². The molecule has 0 bridgehead atoms. The summed E-state index contributed by atoms with van der Waals surface area (Å²) in [6, 6.07) is 5.51. The van der Waals surface area contributed by atoms with Gasteiger partial charge in [0.25, 0.3) is 0 Å². The Labute approximate surface area is 166 Å². The van der Waals surface area contributed by atoms with Gasteiger partial charge in [-0.3, -0.25) is 4.90 Å².